The van der Waals surface area contributed by atoms with E-state index in [0.717, 1.165) is 49.1 Å². The topological polar surface area (TPSA) is 28.2 Å². The summed E-state index contributed by atoms with van der Waals surface area (Å²) in [5.41, 5.74) is 8.87. The van der Waals surface area contributed by atoms with Crippen molar-refractivity contribution in [2.24, 2.45) is 0 Å². The highest BCUT2D eigenvalue weighted by molar-refractivity contribution is 5.81. The number of nitrogens with one attached hydrogen (secondary N) is 1. The molecule has 1 unspecified atom stereocenters. The monoisotopic (exact) mass is 451 g/mol. The molecule has 3 nitrogen and oxygen atoms in total. The second-order valence-electron chi connectivity index (χ2n) is 9.22. The van der Waals surface area contributed by atoms with Crippen LogP contribution in [-0.4, -0.2) is 23.0 Å². The van der Waals surface area contributed by atoms with Crippen molar-refractivity contribution in [2.45, 2.75) is 57.5 Å². The molecule has 1 aliphatic heterocycles. The Morgan fingerprint density at radius 1 is 1.06 bits per heavy atom. The van der Waals surface area contributed by atoms with Gasteiger partial charge in [0.25, 0.3) is 0 Å². The summed E-state index contributed by atoms with van der Waals surface area (Å²) < 4.78 is 0. The molecule has 0 aliphatic carbocycles. The van der Waals surface area contributed by atoms with Crippen molar-refractivity contribution in [1.82, 2.24) is 15.2 Å². The first-order chi connectivity index (χ1) is 16.6. The molecule has 0 amide bonds. The zero-order valence-corrected chi connectivity index (χ0v) is 20.5. The Labute approximate surface area is 204 Å². The normalized spacial score (nSPS) is 13.7. The van der Waals surface area contributed by atoms with Crippen molar-refractivity contribution in [3.63, 3.8) is 0 Å². The van der Waals surface area contributed by atoms with Crippen molar-refractivity contribution >= 4 is 16.6 Å². The van der Waals surface area contributed by atoms with Crippen LogP contribution in [0.25, 0.3) is 16.6 Å². The second kappa shape index (κ2) is 11.2. The number of aryl methyl sites for hydroxylation is 2. The average molecular weight is 452 g/mol. The molecule has 176 valence electrons. The lowest BCUT2D eigenvalue weighted by atomic mass is 9.97. The lowest BCUT2D eigenvalue weighted by Gasteiger charge is -2.32. The Kier molecular flexibility index (Phi) is 7.84. The van der Waals surface area contributed by atoms with Crippen LogP contribution >= 0.6 is 0 Å². The quantitative estimate of drug-likeness (QED) is 0.236. The molecular formula is C31H37N3. The predicted molar refractivity (Wildman–Crippen MR) is 145 cm³/mol. The number of unbranched alkanes of at least 4 members (excludes halogenated alkanes) is 2. The van der Waals surface area contributed by atoms with Gasteiger partial charge in [-0.2, -0.15) is 0 Å². The molecule has 0 saturated carbocycles. The maximum absolute atomic E-state index is 4.49. The highest BCUT2D eigenvalue weighted by Gasteiger charge is 2.30. The molecule has 0 radical (unpaired) electrons. The van der Waals surface area contributed by atoms with E-state index in [1.165, 1.54) is 46.9 Å². The lowest BCUT2D eigenvalue weighted by Crippen LogP contribution is -2.35. The van der Waals surface area contributed by atoms with Gasteiger partial charge < -0.3 is 10.2 Å². The third-order valence-corrected chi connectivity index (χ3v) is 7.13. The Balaban J connectivity index is 1.37. The molecule has 3 aromatic rings. The third-order valence-electron chi connectivity index (χ3n) is 7.13. The summed E-state index contributed by atoms with van der Waals surface area (Å²) in [5, 5.41) is 4.56. The Bertz CT molecular complexity index is 1170. The van der Waals surface area contributed by atoms with E-state index in [9.17, 15) is 0 Å². The number of fused-ring (bicyclic) bond motifs is 2. The number of hydrogen-bond donors (Lipinski definition) is 1. The number of benzene rings is 2. The van der Waals surface area contributed by atoms with Gasteiger partial charge in [-0.05, 0) is 67.3 Å². The molecule has 1 atom stereocenters. The molecule has 34 heavy (non-hydrogen) atoms. The predicted octanol–water partition coefficient (Wildman–Crippen LogP) is 7.04. The summed E-state index contributed by atoms with van der Waals surface area (Å²) in [6.07, 6.45) is 11.7. The lowest BCUT2D eigenvalue weighted by molar-refractivity contribution is 0.312. The first-order valence-corrected chi connectivity index (χ1v) is 12.5. The van der Waals surface area contributed by atoms with Crippen LogP contribution in [0.3, 0.4) is 0 Å². The summed E-state index contributed by atoms with van der Waals surface area (Å²) in [4.78, 5) is 6.91. The minimum absolute atomic E-state index is 0.228. The summed E-state index contributed by atoms with van der Waals surface area (Å²) >= 11 is 0. The van der Waals surface area contributed by atoms with Gasteiger partial charge in [-0.15, -0.1) is 6.58 Å². The van der Waals surface area contributed by atoms with Gasteiger partial charge >= 0.3 is 0 Å². The minimum atomic E-state index is 0.228. The highest BCUT2D eigenvalue weighted by Crippen LogP contribution is 2.37. The van der Waals surface area contributed by atoms with Gasteiger partial charge in [-0.1, -0.05) is 62.1 Å². The van der Waals surface area contributed by atoms with Gasteiger partial charge in [0.05, 0.1) is 11.6 Å². The molecule has 3 heteroatoms. The third kappa shape index (κ3) is 5.09. The molecule has 2 heterocycles. The fourth-order valence-electron chi connectivity index (χ4n) is 5.19. The Morgan fingerprint density at radius 3 is 2.65 bits per heavy atom. The van der Waals surface area contributed by atoms with E-state index in [1.54, 1.807) is 0 Å². The second-order valence-corrected chi connectivity index (χ2v) is 9.22. The molecule has 4 rings (SSSR count). The minimum Gasteiger partial charge on any atom is -0.390 e. The molecule has 2 aromatic carbocycles. The summed E-state index contributed by atoms with van der Waals surface area (Å²) in [6.45, 7) is 13.5. The first-order valence-electron chi connectivity index (χ1n) is 12.5. The number of likely N-dealkylation sites (N-methyl/N-ethyl adjacent to an activating group) is 1. The van der Waals surface area contributed by atoms with E-state index in [0.29, 0.717) is 0 Å². The molecule has 0 fully saturated rings. The van der Waals surface area contributed by atoms with E-state index in [1.807, 2.05) is 19.3 Å². The Morgan fingerprint density at radius 2 is 1.85 bits per heavy atom. The molecule has 1 N–H and O–H groups in total. The van der Waals surface area contributed by atoms with Gasteiger partial charge in [0.15, 0.2) is 0 Å². The number of nitrogens with zero attached hydrogens (tertiary/aromatic N) is 2. The molecular weight excluding hydrogens is 414 g/mol. The summed E-state index contributed by atoms with van der Waals surface area (Å²) in [5.74, 6) is 0. The van der Waals surface area contributed by atoms with Crippen LogP contribution < -0.4 is 5.32 Å². The molecule has 0 spiro atoms. The van der Waals surface area contributed by atoms with Gasteiger partial charge in [-0.3, -0.25) is 4.98 Å². The van der Waals surface area contributed by atoms with Crippen LogP contribution in [0.4, 0.5) is 0 Å². The van der Waals surface area contributed by atoms with E-state index >= 15 is 0 Å². The van der Waals surface area contributed by atoms with Crippen LogP contribution in [0.2, 0.25) is 0 Å². The van der Waals surface area contributed by atoms with Crippen LogP contribution in [0.1, 0.15) is 54.4 Å². The number of hydrogen-bond acceptors (Lipinski definition) is 3. The van der Waals surface area contributed by atoms with Gasteiger partial charge in [0.1, 0.15) is 0 Å². The Hall–Kier alpha value is -3.33. The number of para-hydroxylation sites is 1. The van der Waals surface area contributed by atoms with Gasteiger partial charge in [0, 0.05) is 42.1 Å². The molecule has 1 aromatic heterocycles. The fourth-order valence-corrected chi connectivity index (χ4v) is 5.19. The molecule has 0 saturated heterocycles. The van der Waals surface area contributed by atoms with E-state index < -0.39 is 0 Å². The van der Waals surface area contributed by atoms with E-state index in [-0.39, 0.29) is 6.04 Å². The van der Waals surface area contributed by atoms with Crippen LogP contribution in [0.15, 0.2) is 86.2 Å². The SMILES string of the molecule is C=CCCC(C(=C)NC)N1Cc2c(CCCCCc3ccnc4ccccc34)cccc2C1=C. The van der Waals surface area contributed by atoms with Crippen molar-refractivity contribution in [3.05, 3.63) is 108 Å². The van der Waals surface area contributed by atoms with Crippen molar-refractivity contribution in [1.29, 1.82) is 0 Å². The van der Waals surface area contributed by atoms with Gasteiger partial charge in [0.2, 0.25) is 0 Å². The number of aromatic nitrogens is 1. The number of rotatable bonds is 12. The molecule has 1 aliphatic rings. The van der Waals surface area contributed by atoms with Gasteiger partial charge in [-0.25, -0.2) is 0 Å². The highest BCUT2D eigenvalue weighted by atomic mass is 15.2. The summed E-state index contributed by atoms with van der Waals surface area (Å²) in [7, 11) is 1.95. The van der Waals surface area contributed by atoms with Crippen molar-refractivity contribution in [3.8, 4) is 0 Å². The van der Waals surface area contributed by atoms with Crippen LogP contribution in [-0.2, 0) is 19.4 Å². The number of pyridine rings is 1. The maximum atomic E-state index is 4.49. The van der Waals surface area contributed by atoms with E-state index in [4.69, 9.17) is 0 Å². The number of allylic oxidation sites excluding steroid dienone is 1. The average Bonchev–Trinajstić information content (AvgIpc) is 3.21. The van der Waals surface area contributed by atoms with E-state index in [2.05, 4.69) is 83.5 Å². The first kappa shape index (κ1) is 23.8. The van der Waals surface area contributed by atoms with Crippen LogP contribution in [0, 0.1) is 0 Å². The largest absolute Gasteiger partial charge is 0.390 e. The zero-order valence-electron chi connectivity index (χ0n) is 20.5. The standard InChI is InChI=1S/C31H37N3/c1-5-6-19-31(23(2)32-4)34-22-29-25(15-12-17-27(29)24(34)3)13-8-7-9-14-26-20-21-33-30-18-11-10-16-28(26)30/h5,10-12,15-18,20-21,31-32H,1-3,6-9,13-14,19,22H2,4H3. The fraction of sp³-hybridized carbons (Fsp3) is 0.323. The van der Waals surface area contributed by atoms with Crippen molar-refractivity contribution in [2.75, 3.05) is 7.05 Å². The molecule has 0 bridgehead atoms. The zero-order chi connectivity index (χ0) is 23.9. The summed E-state index contributed by atoms with van der Waals surface area (Å²) in [6, 6.07) is 17.6. The maximum Gasteiger partial charge on any atom is 0.0704 e. The smallest absolute Gasteiger partial charge is 0.0704 e. The van der Waals surface area contributed by atoms with Crippen LogP contribution in [0.5, 0.6) is 0 Å². The van der Waals surface area contributed by atoms with Crippen molar-refractivity contribution < 1.29 is 0 Å².